The second kappa shape index (κ2) is 6.69. The predicted octanol–water partition coefficient (Wildman–Crippen LogP) is 5.05. The lowest BCUT2D eigenvalue weighted by atomic mass is 10.00. The van der Waals surface area contributed by atoms with Gasteiger partial charge in [0.25, 0.3) is 0 Å². The van der Waals surface area contributed by atoms with Crippen LogP contribution in [0.3, 0.4) is 0 Å². The van der Waals surface area contributed by atoms with Crippen LogP contribution in [0.4, 0.5) is 8.78 Å². The Hall–Kier alpha value is -1.91. The molecule has 2 aromatic carbocycles. The number of aryl methyl sites for hydroxylation is 1. The van der Waals surface area contributed by atoms with Crippen molar-refractivity contribution < 1.29 is 8.78 Å². The standard InChI is InChI=1S/C18H17ClF2N2/c19-12-5-3-4-11(8-12)17-14(6-1-2-7-22)15-9-13(20)10-16(21)18(15)23-17/h3-5,8-10,23H,1-2,6-7,22H2. The SMILES string of the molecule is NCCCCc1c(-c2cccc(Cl)c2)[nH]c2c(F)cc(F)cc12. The molecular weight excluding hydrogens is 318 g/mol. The maximum absolute atomic E-state index is 14.1. The van der Waals surface area contributed by atoms with Crippen LogP contribution in [0.5, 0.6) is 0 Å². The zero-order valence-corrected chi connectivity index (χ0v) is 13.3. The first kappa shape index (κ1) is 16.0. The van der Waals surface area contributed by atoms with Crippen molar-refractivity contribution in [1.29, 1.82) is 0 Å². The highest BCUT2D eigenvalue weighted by Crippen LogP contribution is 2.34. The summed E-state index contributed by atoms with van der Waals surface area (Å²) in [6, 6.07) is 9.60. The number of aromatic nitrogens is 1. The summed E-state index contributed by atoms with van der Waals surface area (Å²) in [5, 5.41) is 1.18. The van der Waals surface area contributed by atoms with Gasteiger partial charge in [-0.2, -0.15) is 0 Å². The van der Waals surface area contributed by atoms with Crippen LogP contribution < -0.4 is 5.73 Å². The third kappa shape index (κ3) is 3.23. The minimum Gasteiger partial charge on any atom is -0.352 e. The minimum atomic E-state index is -0.589. The molecule has 3 aromatic rings. The molecule has 5 heteroatoms. The first-order chi connectivity index (χ1) is 11.1. The molecule has 3 rings (SSSR count). The Morgan fingerprint density at radius 2 is 1.91 bits per heavy atom. The van der Waals surface area contributed by atoms with Crippen molar-refractivity contribution in [3.8, 4) is 11.3 Å². The molecule has 23 heavy (non-hydrogen) atoms. The van der Waals surface area contributed by atoms with Crippen molar-refractivity contribution in [3.05, 3.63) is 58.6 Å². The second-order valence-corrected chi connectivity index (χ2v) is 5.98. The molecule has 2 nitrogen and oxygen atoms in total. The molecular formula is C18H17ClF2N2. The number of rotatable bonds is 5. The Morgan fingerprint density at radius 1 is 1.09 bits per heavy atom. The third-order valence-corrected chi connectivity index (χ3v) is 4.16. The Morgan fingerprint density at radius 3 is 2.65 bits per heavy atom. The van der Waals surface area contributed by atoms with Crippen molar-refractivity contribution in [2.45, 2.75) is 19.3 Å². The van der Waals surface area contributed by atoms with E-state index < -0.39 is 11.6 Å². The molecule has 1 aromatic heterocycles. The minimum absolute atomic E-state index is 0.323. The van der Waals surface area contributed by atoms with Crippen LogP contribution in [0.2, 0.25) is 5.02 Å². The Kier molecular flexibility index (Phi) is 4.64. The van der Waals surface area contributed by atoms with Crippen LogP contribution in [0.25, 0.3) is 22.2 Å². The molecule has 0 unspecified atom stereocenters. The van der Waals surface area contributed by atoms with Crippen LogP contribution in [-0.2, 0) is 6.42 Å². The molecule has 0 aliphatic rings. The van der Waals surface area contributed by atoms with Gasteiger partial charge in [-0.15, -0.1) is 0 Å². The van der Waals surface area contributed by atoms with E-state index in [1.807, 2.05) is 18.2 Å². The van der Waals surface area contributed by atoms with Crippen molar-refractivity contribution in [2.24, 2.45) is 5.73 Å². The van der Waals surface area contributed by atoms with Crippen LogP contribution in [0.1, 0.15) is 18.4 Å². The average molecular weight is 335 g/mol. The van der Waals surface area contributed by atoms with E-state index in [2.05, 4.69) is 4.98 Å². The van der Waals surface area contributed by atoms with Crippen LogP contribution in [-0.4, -0.2) is 11.5 Å². The molecule has 120 valence electrons. The molecule has 0 fully saturated rings. The average Bonchev–Trinajstić information content (AvgIpc) is 2.87. The number of benzene rings is 2. The van der Waals surface area contributed by atoms with E-state index in [4.69, 9.17) is 17.3 Å². The number of halogens is 3. The number of aromatic amines is 1. The summed E-state index contributed by atoms with van der Waals surface area (Å²) < 4.78 is 27.8. The number of nitrogens with two attached hydrogens (primary N) is 1. The number of unbranched alkanes of at least 4 members (excludes halogenated alkanes) is 1. The first-order valence-electron chi connectivity index (χ1n) is 7.55. The predicted molar refractivity (Wildman–Crippen MR) is 90.7 cm³/mol. The largest absolute Gasteiger partial charge is 0.352 e. The molecule has 0 bridgehead atoms. The van der Waals surface area contributed by atoms with Gasteiger partial charge in [0.15, 0.2) is 0 Å². The van der Waals surface area contributed by atoms with Crippen LogP contribution >= 0.6 is 11.6 Å². The molecule has 1 heterocycles. The Balaban J connectivity index is 2.19. The lowest BCUT2D eigenvalue weighted by Crippen LogP contribution is -1.99. The van der Waals surface area contributed by atoms with E-state index in [-0.39, 0.29) is 0 Å². The molecule has 0 amide bonds. The maximum atomic E-state index is 14.1. The van der Waals surface area contributed by atoms with Gasteiger partial charge in [-0.05, 0) is 55.1 Å². The van der Waals surface area contributed by atoms with Crippen LogP contribution in [0, 0.1) is 11.6 Å². The summed E-state index contributed by atoms with van der Waals surface area (Å²) in [5.41, 5.74) is 8.41. The summed E-state index contributed by atoms with van der Waals surface area (Å²) in [6.45, 7) is 0.595. The molecule has 3 N–H and O–H groups in total. The monoisotopic (exact) mass is 334 g/mol. The fraction of sp³-hybridized carbons (Fsp3) is 0.222. The highest BCUT2D eigenvalue weighted by Gasteiger charge is 2.17. The molecule has 0 atom stereocenters. The molecule has 0 spiro atoms. The number of hydrogen-bond donors (Lipinski definition) is 2. The fourth-order valence-electron chi connectivity index (χ4n) is 2.87. The highest BCUT2D eigenvalue weighted by atomic mass is 35.5. The van der Waals surface area contributed by atoms with Crippen molar-refractivity contribution in [1.82, 2.24) is 4.98 Å². The zero-order chi connectivity index (χ0) is 16.4. The first-order valence-corrected chi connectivity index (χ1v) is 7.93. The normalized spacial score (nSPS) is 11.3. The van der Waals surface area contributed by atoms with Gasteiger partial charge >= 0.3 is 0 Å². The molecule has 0 aliphatic carbocycles. The van der Waals surface area contributed by atoms with E-state index in [0.29, 0.717) is 28.9 Å². The summed E-state index contributed by atoms with van der Waals surface area (Å²) in [6.07, 6.45) is 2.41. The van der Waals surface area contributed by atoms with Gasteiger partial charge in [-0.25, -0.2) is 8.78 Å². The second-order valence-electron chi connectivity index (χ2n) is 5.54. The maximum Gasteiger partial charge on any atom is 0.150 e. The number of fused-ring (bicyclic) bond motifs is 1. The lowest BCUT2D eigenvalue weighted by Gasteiger charge is -2.06. The van der Waals surface area contributed by atoms with Gasteiger partial charge in [0.2, 0.25) is 0 Å². The van der Waals surface area contributed by atoms with Gasteiger partial charge in [0.1, 0.15) is 11.6 Å². The molecule has 0 aliphatic heterocycles. The van der Waals surface area contributed by atoms with Crippen molar-refractivity contribution in [2.75, 3.05) is 6.54 Å². The number of hydrogen-bond acceptors (Lipinski definition) is 1. The van der Waals surface area contributed by atoms with Crippen molar-refractivity contribution >= 4 is 22.5 Å². The van der Waals surface area contributed by atoms with Gasteiger partial charge in [0.05, 0.1) is 5.52 Å². The molecule has 0 radical (unpaired) electrons. The Labute approximate surface area is 138 Å². The zero-order valence-electron chi connectivity index (χ0n) is 12.5. The van der Waals surface area contributed by atoms with Crippen LogP contribution in [0.15, 0.2) is 36.4 Å². The van der Waals surface area contributed by atoms with Gasteiger partial charge in [0, 0.05) is 22.2 Å². The quantitative estimate of drug-likeness (QED) is 0.630. The topological polar surface area (TPSA) is 41.8 Å². The Bertz CT molecular complexity index is 842. The number of H-pyrrole nitrogens is 1. The highest BCUT2D eigenvalue weighted by molar-refractivity contribution is 6.30. The smallest absolute Gasteiger partial charge is 0.150 e. The molecule has 0 saturated heterocycles. The van der Waals surface area contributed by atoms with E-state index in [9.17, 15) is 8.78 Å². The fourth-order valence-corrected chi connectivity index (χ4v) is 3.06. The summed E-state index contributed by atoms with van der Waals surface area (Å²) >= 11 is 6.06. The summed E-state index contributed by atoms with van der Waals surface area (Å²) in [7, 11) is 0. The summed E-state index contributed by atoms with van der Waals surface area (Å²) in [4.78, 5) is 3.10. The van der Waals surface area contributed by atoms with E-state index in [1.54, 1.807) is 6.07 Å². The summed E-state index contributed by atoms with van der Waals surface area (Å²) in [5.74, 6) is -1.17. The van der Waals surface area contributed by atoms with Gasteiger partial charge in [-0.3, -0.25) is 0 Å². The van der Waals surface area contributed by atoms with E-state index in [1.165, 1.54) is 6.07 Å². The third-order valence-electron chi connectivity index (χ3n) is 3.93. The number of nitrogens with one attached hydrogen (secondary N) is 1. The van der Waals surface area contributed by atoms with E-state index >= 15 is 0 Å². The van der Waals surface area contributed by atoms with E-state index in [0.717, 1.165) is 35.7 Å². The van der Waals surface area contributed by atoms with Gasteiger partial charge < -0.3 is 10.7 Å². The van der Waals surface area contributed by atoms with Gasteiger partial charge in [-0.1, -0.05) is 23.7 Å². The van der Waals surface area contributed by atoms with Crippen molar-refractivity contribution in [3.63, 3.8) is 0 Å². The lowest BCUT2D eigenvalue weighted by molar-refractivity contribution is 0.591. The molecule has 0 saturated carbocycles.